The van der Waals surface area contributed by atoms with Gasteiger partial charge in [-0.15, -0.1) is 0 Å². The third kappa shape index (κ3) is 3.92. The summed E-state index contributed by atoms with van der Waals surface area (Å²) in [5, 5.41) is 20.5. The van der Waals surface area contributed by atoms with Crippen LogP contribution in [0.5, 0.6) is 5.75 Å². The van der Waals surface area contributed by atoms with Crippen molar-refractivity contribution in [2.24, 2.45) is 0 Å². The zero-order valence-corrected chi connectivity index (χ0v) is 8.03. The number of benzene rings is 1. The van der Waals surface area contributed by atoms with E-state index in [4.69, 9.17) is 10.4 Å². The first-order valence-corrected chi connectivity index (χ1v) is 4.68. The second-order valence-electron chi connectivity index (χ2n) is 3.07. The van der Waals surface area contributed by atoms with Gasteiger partial charge in [0.15, 0.2) is 0 Å². The van der Waals surface area contributed by atoms with Crippen molar-refractivity contribution in [1.29, 1.82) is 5.26 Å². The van der Waals surface area contributed by atoms with E-state index in [0.29, 0.717) is 12.2 Å². The summed E-state index contributed by atoms with van der Waals surface area (Å²) < 4.78 is 0. The highest BCUT2D eigenvalue weighted by molar-refractivity contribution is 5.25. The number of nitriles is 1. The minimum atomic E-state index is 0.297. The van der Waals surface area contributed by atoms with Crippen LogP contribution in [-0.4, -0.2) is 18.2 Å². The van der Waals surface area contributed by atoms with Crippen molar-refractivity contribution in [2.75, 3.05) is 13.1 Å². The van der Waals surface area contributed by atoms with E-state index in [9.17, 15) is 0 Å². The Morgan fingerprint density at radius 1 is 1.21 bits per heavy atom. The average Bonchev–Trinajstić information content (AvgIpc) is 2.21. The number of rotatable bonds is 5. The molecule has 0 unspecified atom stereocenters. The number of phenols is 1. The first-order chi connectivity index (χ1) is 6.83. The van der Waals surface area contributed by atoms with E-state index in [0.717, 1.165) is 19.5 Å². The second-order valence-corrected chi connectivity index (χ2v) is 3.07. The minimum absolute atomic E-state index is 0.297. The first kappa shape index (κ1) is 10.6. The van der Waals surface area contributed by atoms with Gasteiger partial charge in [0.1, 0.15) is 5.75 Å². The second kappa shape index (κ2) is 6.01. The Kier molecular flexibility index (Phi) is 4.53. The third-order valence-electron chi connectivity index (χ3n) is 1.94. The molecule has 0 aliphatic heterocycles. The fourth-order valence-electron chi connectivity index (χ4n) is 1.16. The van der Waals surface area contributed by atoms with Crippen LogP contribution in [0.15, 0.2) is 24.3 Å². The molecule has 0 heterocycles. The molecule has 1 aromatic carbocycles. The quantitative estimate of drug-likeness (QED) is 0.691. The maximum Gasteiger partial charge on any atom is 0.115 e. The van der Waals surface area contributed by atoms with Crippen molar-refractivity contribution in [3.63, 3.8) is 0 Å². The van der Waals surface area contributed by atoms with Gasteiger partial charge in [-0.3, -0.25) is 0 Å². The lowest BCUT2D eigenvalue weighted by atomic mass is 10.1. The van der Waals surface area contributed by atoms with E-state index in [2.05, 4.69) is 11.4 Å². The Morgan fingerprint density at radius 2 is 1.93 bits per heavy atom. The maximum atomic E-state index is 9.05. The highest BCUT2D eigenvalue weighted by Crippen LogP contribution is 2.09. The molecule has 74 valence electrons. The number of nitrogens with zero attached hydrogens (tertiary/aromatic N) is 1. The Morgan fingerprint density at radius 3 is 2.57 bits per heavy atom. The Hall–Kier alpha value is -1.53. The first-order valence-electron chi connectivity index (χ1n) is 4.68. The Bertz CT molecular complexity index is 300. The summed E-state index contributed by atoms with van der Waals surface area (Å²) in [4.78, 5) is 0. The van der Waals surface area contributed by atoms with Crippen LogP contribution < -0.4 is 5.32 Å². The van der Waals surface area contributed by atoms with Crippen molar-refractivity contribution < 1.29 is 5.11 Å². The van der Waals surface area contributed by atoms with Crippen LogP contribution >= 0.6 is 0 Å². The van der Waals surface area contributed by atoms with Gasteiger partial charge >= 0.3 is 0 Å². The molecular weight excluding hydrogens is 176 g/mol. The van der Waals surface area contributed by atoms with Gasteiger partial charge in [-0.1, -0.05) is 12.1 Å². The lowest BCUT2D eigenvalue weighted by Crippen LogP contribution is -2.17. The molecule has 0 saturated carbocycles. The van der Waals surface area contributed by atoms with Crippen LogP contribution in [0.1, 0.15) is 12.0 Å². The molecular formula is C11H14N2O. The third-order valence-corrected chi connectivity index (χ3v) is 1.94. The molecule has 0 spiro atoms. The SMILES string of the molecule is N#CCCNCCc1ccc(O)cc1. The van der Waals surface area contributed by atoms with E-state index in [-0.39, 0.29) is 0 Å². The molecule has 0 bridgehead atoms. The molecule has 0 atom stereocenters. The van der Waals surface area contributed by atoms with Crippen LogP contribution in [0, 0.1) is 11.3 Å². The van der Waals surface area contributed by atoms with Crippen LogP contribution in [0.3, 0.4) is 0 Å². The van der Waals surface area contributed by atoms with Crippen molar-refractivity contribution in [3.8, 4) is 11.8 Å². The van der Waals surface area contributed by atoms with Gasteiger partial charge < -0.3 is 10.4 Å². The molecule has 0 radical (unpaired) electrons. The largest absolute Gasteiger partial charge is 0.508 e. The van der Waals surface area contributed by atoms with E-state index in [1.807, 2.05) is 12.1 Å². The molecule has 0 fully saturated rings. The smallest absolute Gasteiger partial charge is 0.115 e. The molecule has 0 aliphatic rings. The summed E-state index contributed by atoms with van der Waals surface area (Å²) in [5.41, 5.74) is 1.19. The standard InChI is InChI=1S/C11H14N2O/c12-7-1-8-13-9-6-10-2-4-11(14)5-3-10/h2-5,13-14H,1,6,8-9H2. The summed E-state index contributed by atoms with van der Waals surface area (Å²) >= 11 is 0. The normalized spacial score (nSPS) is 9.64. The molecule has 0 saturated heterocycles. The van der Waals surface area contributed by atoms with Crippen LogP contribution in [0.2, 0.25) is 0 Å². The fraction of sp³-hybridized carbons (Fsp3) is 0.364. The molecule has 3 nitrogen and oxygen atoms in total. The van der Waals surface area contributed by atoms with Crippen molar-refractivity contribution in [2.45, 2.75) is 12.8 Å². The number of hydrogen-bond donors (Lipinski definition) is 2. The molecule has 0 aromatic heterocycles. The van der Waals surface area contributed by atoms with Crippen LogP contribution in [0.4, 0.5) is 0 Å². The van der Waals surface area contributed by atoms with E-state index in [1.165, 1.54) is 5.56 Å². The molecule has 2 N–H and O–H groups in total. The van der Waals surface area contributed by atoms with Crippen LogP contribution in [0.25, 0.3) is 0 Å². The average molecular weight is 190 g/mol. The summed E-state index contributed by atoms with van der Waals surface area (Å²) in [5.74, 6) is 0.297. The zero-order valence-electron chi connectivity index (χ0n) is 8.03. The predicted octanol–water partition coefficient (Wildman–Crippen LogP) is 1.44. The topological polar surface area (TPSA) is 56.0 Å². The number of hydrogen-bond acceptors (Lipinski definition) is 3. The van der Waals surface area contributed by atoms with Gasteiger partial charge in [-0.2, -0.15) is 5.26 Å². The van der Waals surface area contributed by atoms with E-state index in [1.54, 1.807) is 12.1 Å². The number of phenolic OH excluding ortho intramolecular Hbond substituents is 1. The molecule has 1 rings (SSSR count). The maximum absolute atomic E-state index is 9.05. The zero-order chi connectivity index (χ0) is 10.2. The monoisotopic (exact) mass is 190 g/mol. The highest BCUT2D eigenvalue weighted by Gasteiger charge is 1.92. The van der Waals surface area contributed by atoms with Gasteiger partial charge in [0, 0.05) is 13.0 Å². The fourth-order valence-corrected chi connectivity index (χ4v) is 1.16. The summed E-state index contributed by atoms with van der Waals surface area (Å²) in [6.45, 7) is 1.61. The number of nitrogens with one attached hydrogen (secondary N) is 1. The molecule has 3 heteroatoms. The van der Waals surface area contributed by atoms with Crippen molar-refractivity contribution in [1.82, 2.24) is 5.32 Å². The molecule has 14 heavy (non-hydrogen) atoms. The molecule has 0 aliphatic carbocycles. The molecule has 0 amide bonds. The van der Waals surface area contributed by atoms with Gasteiger partial charge in [-0.05, 0) is 30.7 Å². The molecule has 1 aromatic rings. The summed E-state index contributed by atoms with van der Waals surface area (Å²) in [6.07, 6.45) is 1.47. The van der Waals surface area contributed by atoms with E-state index >= 15 is 0 Å². The van der Waals surface area contributed by atoms with Crippen LogP contribution in [-0.2, 0) is 6.42 Å². The minimum Gasteiger partial charge on any atom is -0.508 e. The van der Waals surface area contributed by atoms with Gasteiger partial charge in [0.05, 0.1) is 6.07 Å². The highest BCUT2D eigenvalue weighted by atomic mass is 16.3. The van der Waals surface area contributed by atoms with Gasteiger partial charge in [0.25, 0.3) is 0 Å². The van der Waals surface area contributed by atoms with E-state index < -0.39 is 0 Å². The van der Waals surface area contributed by atoms with Gasteiger partial charge in [-0.25, -0.2) is 0 Å². The summed E-state index contributed by atoms with van der Waals surface area (Å²) in [7, 11) is 0. The van der Waals surface area contributed by atoms with Crippen molar-refractivity contribution >= 4 is 0 Å². The summed E-state index contributed by atoms with van der Waals surface area (Å²) in [6, 6.07) is 9.26. The van der Waals surface area contributed by atoms with Crippen molar-refractivity contribution in [3.05, 3.63) is 29.8 Å². The number of aromatic hydroxyl groups is 1. The predicted molar refractivity (Wildman–Crippen MR) is 54.9 cm³/mol. The lowest BCUT2D eigenvalue weighted by Gasteiger charge is -2.02. The lowest BCUT2D eigenvalue weighted by molar-refractivity contribution is 0.475. The Labute approximate surface area is 84.0 Å². The van der Waals surface area contributed by atoms with Gasteiger partial charge in [0.2, 0.25) is 0 Å². The Balaban J connectivity index is 2.19.